The molecule has 0 spiro atoms. The number of aromatic nitrogens is 2. The number of carbonyl (C=O) groups excluding carboxylic acids is 1. The summed E-state index contributed by atoms with van der Waals surface area (Å²) < 4.78 is 33.1. The largest absolute Gasteiger partial charge is 0.337 e. The van der Waals surface area contributed by atoms with Gasteiger partial charge in [0.1, 0.15) is 17.3 Å². The number of hydrogen-bond donors (Lipinski definition) is 1. The third-order valence-corrected chi connectivity index (χ3v) is 4.78. The lowest BCUT2D eigenvalue weighted by molar-refractivity contribution is -0.115. The second-order valence-corrected chi connectivity index (χ2v) is 6.82. The van der Waals surface area contributed by atoms with E-state index in [0.717, 1.165) is 12.1 Å². The van der Waals surface area contributed by atoms with E-state index < -0.39 is 11.6 Å². The molecule has 0 atom stereocenters. The van der Waals surface area contributed by atoms with Crippen molar-refractivity contribution in [3.05, 3.63) is 89.2 Å². The number of nitrogens with zero attached hydrogens (tertiary/aromatic N) is 2. The highest BCUT2D eigenvalue weighted by atomic mass is 35.5. The lowest BCUT2D eigenvalue weighted by atomic mass is 10.0. The predicted octanol–water partition coefficient (Wildman–Crippen LogP) is 5.52. The van der Waals surface area contributed by atoms with Gasteiger partial charge in [-0.25, -0.2) is 8.78 Å². The van der Waals surface area contributed by atoms with Crippen LogP contribution in [0.1, 0.15) is 5.56 Å². The van der Waals surface area contributed by atoms with E-state index in [-0.39, 0.29) is 29.5 Å². The highest BCUT2D eigenvalue weighted by Gasteiger charge is 2.23. The molecule has 0 fully saturated rings. The fraction of sp³-hybridized carbons (Fsp3) is 0.0455. The van der Waals surface area contributed by atoms with Crippen LogP contribution in [0.5, 0.6) is 0 Å². The third-order valence-electron chi connectivity index (χ3n) is 4.41. The van der Waals surface area contributed by atoms with Gasteiger partial charge in [0.15, 0.2) is 0 Å². The van der Waals surface area contributed by atoms with E-state index in [1.54, 1.807) is 48.8 Å². The standard InChI is InChI=1S/C22H14ClF2N3O2/c23-17-4-2-1-3-14(17)11-19(29)27-22-20(13-7-9-26-10-8-13)21(28-30-22)16-6-5-15(24)12-18(16)25/h1-10,12H,11H2,(H,27,29). The number of benzene rings is 2. The normalized spacial score (nSPS) is 10.8. The van der Waals surface area contributed by atoms with Crippen molar-refractivity contribution in [2.75, 3.05) is 5.32 Å². The summed E-state index contributed by atoms with van der Waals surface area (Å²) in [7, 11) is 0. The van der Waals surface area contributed by atoms with Crippen LogP contribution < -0.4 is 5.32 Å². The average molecular weight is 426 g/mol. The zero-order valence-corrected chi connectivity index (χ0v) is 16.2. The molecular weight excluding hydrogens is 412 g/mol. The minimum Gasteiger partial charge on any atom is -0.337 e. The molecule has 1 N–H and O–H groups in total. The van der Waals surface area contributed by atoms with Crippen molar-refractivity contribution in [3.8, 4) is 22.4 Å². The molecule has 5 nitrogen and oxygen atoms in total. The van der Waals surface area contributed by atoms with Crippen LogP contribution in [0.2, 0.25) is 5.02 Å². The van der Waals surface area contributed by atoms with Crippen LogP contribution in [0.3, 0.4) is 0 Å². The van der Waals surface area contributed by atoms with Crippen molar-refractivity contribution in [1.82, 2.24) is 10.1 Å². The molecule has 0 aliphatic rings. The maximum Gasteiger partial charge on any atom is 0.239 e. The smallest absolute Gasteiger partial charge is 0.239 e. The third kappa shape index (κ3) is 4.06. The van der Waals surface area contributed by atoms with Crippen molar-refractivity contribution in [2.24, 2.45) is 0 Å². The Balaban J connectivity index is 1.72. The first-order chi connectivity index (χ1) is 14.5. The Morgan fingerprint density at radius 3 is 2.57 bits per heavy atom. The summed E-state index contributed by atoms with van der Waals surface area (Å²) in [5.74, 6) is -1.86. The van der Waals surface area contributed by atoms with Gasteiger partial charge in [-0.05, 0) is 41.5 Å². The van der Waals surface area contributed by atoms with E-state index >= 15 is 0 Å². The van der Waals surface area contributed by atoms with Crippen LogP contribution in [0.4, 0.5) is 14.7 Å². The number of carbonyl (C=O) groups is 1. The lowest BCUT2D eigenvalue weighted by Crippen LogP contribution is -2.14. The van der Waals surface area contributed by atoms with Crippen LogP contribution in [0, 0.1) is 11.6 Å². The van der Waals surface area contributed by atoms with E-state index in [4.69, 9.17) is 16.1 Å². The lowest BCUT2D eigenvalue weighted by Gasteiger charge is -2.07. The minimum atomic E-state index is -0.799. The highest BCUT2D eigenvalue weighted by molar-refractivity contribution is 6.31. The van der Waals surface area contributed by atoms with Gasteiger partial charge in [-0.3, -0.25) is 15.1 Å². The highest BCUT2D eigenvalue weighted by Crippen LogP contribution is 2.38. The van der Waals surface area contributed by atoms with Crippen LogP contribution in [0.25, 0.3) is 22.4 Å². The number of halogens is 3. The number of nitrogens with one attached hydrogen (secondary N) is 1. The average Bonchev–Trinajstić information content (AvgIpc) is 3.13. The minimum absolute atomic E-state index is 0.0103. The van der Waals surface area contributed by atoms with Gasteiger partial charge in [0.05, 0.1) is 12.0 Å². The van der Waals surface area contributed by atoms with Gasteiger partial charge < -0.3 is 4.52 Å². The molecule has 0 aliphatic heterocycles. The molecular formula is C22H14ClF2N3O2. The Kier molecular flexibility index (Phi) is 5.54. The second-order valence-electron chi connectivity index (χ2n) is 6.41. The Hall–Kier alpha value is -3.58. The molecule has 1 amide bonds. The quantitative estimate of drug-likeness (QED) is 0.457. The van der Waals surface area contributed by atoms with E-state index in [2.05, 4.69) is 15.5 Å². The summed E-state index contributed by atoms with van der Waals surface area (Å²) in [6, 6.07) is 13.5. The van der Waals surface area contributed by atoms with Crippen molar-refractivity contribution >= 4 is 23.4 Å². The molecule has 0 unspecified atom stereocenters. The van der Waals surface area contributed by atoms with Crippen LogP contribution in [-0.2, 0) is 11.2 Å². The fourth-order valence-corrected chi connectivity index (χ4v) is 3.22. The van der Waals surface area contributed by atoms with Gasteiger partial charge in [-0.2, -0.15) is 0 Å². The molecule has 4 rings (SSSR count). The molecule has 30 heavy (non-hydrogen) atoms. The number of rotatable bonds is 5. The van der Waals surface area contributed by atoms with E-state index in [0.29, 0.717) is 21.7 Å². The summed E-state index contributed by atoms with van der Waals surface area (Å²) in [6.07, 6.45) is 3.10. The molecule has 150 valence electrons. The van der Waals surface area contributed by atoms with Crippen LogP contribution in [-0.4, -0.2) is 16.0 Å². The van der Waals surface area contributed by atoms with Gasteiger partial charge in [-0.15, -0.1) is 0 Å². The second kappa shape index (κ2) is 8.42. The Morgan fingerprint density at radius 2 is 1.83 bits per heavy atom. The summed E-state index contributed by atoms with van der Waals surface area (Å²) in [5.41, 5.74) is 1.77. The Bertz CT molecular complexity index is 1210. The molecule has 2 aromatic carbocycles. The van der Waals surface area contributed by atoms with Gasteiger partial charge in [0.2, 0.25) is 11.8 Å². The first-order valence-corrected chi connectivity index (χ1v) is 9.29. The zero-order valence-electron chi connectivity index (χ0n) is 15.4. The fourth-order valence-electron chi connectivity index (χ4n) is 3.01. The summed E-state index contributed by atoms with van der Waals surface area (Å²) in [4.78, 5) is 16.5. The first kappa shape index (κ1) is 19.7. The monoisotopic (exact) mass is 425 g/mol. The van der Waals surface area contributed by atoms with Crippen LogP contribution in [0.15, 0.2) is 71.5 Å². The molecule has 2 aromatic heterocycles. The molecule has 0 saturated carbocycles. The number of anilines is 1. The molecule has 0 saturated heterocycles. The number of amides is 1. The molecule has 0 radical (unpaired) electrons. The topological polar surface area (TPSA) is 68.0 Å². The maximum atomic E-state index is 14.4. The first-order valence-electron chi connectivity index (χ1n) is 8.91. The zero-order chi connectivity index (χ0) is 21.1. The van der Waals surface area contributed by atoms with E-state index in [1.807, 2.05) is 0 Å². The maximum absolute atomic E-state index is 14.4. The molecule has 0 bridgehead atoms. The molecule has 8 heteroatoms. The van der Waals surface area contributed by atoms with Gasteiger partial charge >= 0.3 is 0 Å². The number of hydrogen-bond acceptors (Lipinski definition) is 4. The van der Waals surface area contributed by atoms with Crippen LogP contribution >= 0.6 is 11.6 Å². The van der Waals surface area contributed by atoms with E-state index in [9.17, 15) is 13.6 Å². The summed E-state index contributed by atoms with van der Waals surface area (Å²) in [5, 5.41) is 7.06. The predicted molar refractivity (Wildman–Crippen MR) is 109 cm³/mol. The Labute approximate surface area is 175 Å². The molecule has 2 heterocycles. The summed E-state index contributed by atoms with van der Waals surface area (Å²) >= 11 is 6.12. The van der Waals surface area contributed by atoms with E-state index in [1.165, 1.54) is 6.07 Å². The van der Waals surface area contributed by atoms with Gasteiger partial charge in [0, 0.05) is 29.0 Å². The number of pyridine rings is 1. The molecule has 0 aliphatic carbocycles. The van der Waals surface area contributed by atoms with Crippen molar-refractivity contribution in [1.29, 1.82) is 0 Å². The van der Waals surface area contributed by atoms with Crippen molar-refractivity contribution in [3.63, 3.8) is 0 Å². The molecule has 4 aromatic rings. The summed E-state index contributed by atoms with van der Waals surface area (Å²) in [6.45, 7) is 0. The van der Waals surface area contributed by atoms with Gasteiger partial charge in [0.25, 0.3) is 0 Å². The SMILES string of the molecule is O=C(Cc1ccccc1Cl)Nc1onc(-c2ccc(F)cc2F)c1-c1ccncc1. The van der Waals surface area contributed by atoms with Crippen molar-refractivity contribution in [2.45, 2.75) is 6.42 Å². The Morgan fingerprint density at radius 1 is 1.07 bits per heavy atom. The van der Waals surface area contributed by atoms with Gasteiger partial charge in [-0.1, -0.05) is 35.0 Å². The van der Waals surface area contributed by atoms with Crippen molar-refractivity contribution < 1.29 is 18.1 Å².